The molecule has 10 rings (SSSR count). The standard InChI is InChI=1S/C44H24F4O4S2/c1-43(2)21(13-27-37(49)23-5-17-9-30(45)31(46)10-18(17)6-24(23)38(27)50)14-29-35(43)42-36(44(29,3)4)41-34(54-42)16-22(53-41)15-28-39(51)25-7-19-11-32(47)33(48)12-20(19)8-26(25)40(28)52/h5-16H,1-4H3. The fourth-order valence-electron chi connectivity index (χ4n) is 8.55. The molecule has 2 aromatic heterocycles. The molecule has 4 aliphatic rings. The van der Waals surface area contributed by atoms with Gasteiger partial charge in [-0.1, -0.05) is 33.8 Å². The van der Waals surface area contributed by atoms with Crippen molar-refractivity contribution in [3.8, 4) is 0 Å². The van der Waals surface area contributed by atoms with E-state index in [9.17, 15) is 36.7 Å². The molecule has 0 bridgehead atoms. The van der Waals surface area contributed by atoms with Crippen molar-refractivity contribution < 1.29 is 36.7 Å². The van der Waals surface area contributed by atoms with Gasteiger partial charge < -0.3 is 0 Å². The maximum atomic E-state index is 14.0. The Morgan fingerprint density at radius 2 is 0.963 bits per heavy atom. The summed E-state index contributed by atoms with van der Waals surface area (Å²) in [5, 5.41) is 1.32. The first-order valence-corrected chi connectivity index (χ1v) is 18.7. The highest BCUT2D eigenvalue weighted by Crippen LogP contribution is 2.64. The first-order chi connectivity index (χ1) is 25.5. The summed E-state index contributed by atoms with van der Waals surface area (Å²) in [7, 11) is 0. The van der Waals surface area contributed by atoms with Crippen LogP contribution in [-0.2, 0) is 5.41 Å². The molecule has 0 spiro atoms. The number of Topliss-reactive ketones (excluding diaryl/α,β-unsaturated/α-hetero) is 4. The van der Waals surface area contributed by atoms with Crippen LogP contribution < -0.4 is 0 Å². The second kappa shape index (κ2) is 10.5. The number of carbonyl (C=O) groups excluding carboxylic acids is 4. The SMILES string of the molecule is CC1(C)C(C=C2C(=O)c3cc4cc(F)c(F)cc4cc3C2=O)=CC2=C1c1sc3cc(C=C4C(=O)c5cc6cc(F)c(F)cc6cc5C4=O)sc3c1C2(C)C. The third-order valence-corrected chi connectivity index (χ3v) is 13.8. The number of carbonyl (C=O) groups is 4. The third-order valence-electron chi connectivity index (χ3n) is 11.4. The molecule has 264 valence electrons. The second-order valence-corrected chi connectivity index (χ2v) is 17.4. The summed E-state index contributed by atoms with van der Waals surface area (Å²) < 4.78 is 57.8. The molecule has 0 saturated heterocycles. The first-order valence-electron chi connectivity index (χ1n) is 17.1. The van der Waals surface area contributed by atoms with Crippen molar-refractivity contribution in [1.29, 1.82) is 0 Å². The fraction of sp³-hybridized carbons (Fsp3) is 0.136. The van der Waals surface area contributed by atoms with E-state index >= 15 is 0 Å². The van der Waals surface area contributed by atoms with E-state index in [0.29, 0.717) is 21.5 Å². The van der Waals surface area contributed by atoms with Gasteiger partial charge in [0.1, 0.15) is 0 Å². The molecule has 4 aliphatic carbocycles. The van der Waals surface area contributed by atoms with Crippen LogP contribution in [0.5, 0.6) is 0 Å². The zero-order valence-electron chi connectivity index (χ0n) is 28.9. The lowest BCUT2D eigenvalue weighted by Crippen LogP contribution is -2.15. The zero-order chi connectivity index (χ0) is 37.9. The summed E-state index contributed by atoms with van der Waals surface area (Å²) in [6.07, 6.45) is 5.31. The Kier molecular flexibility index (Phi) is 6.45. The maximum absolute atomic E-state index is 14.0. The van der Waals surface area contributed by atoms with E-state index < -0.39 is 57.2 Å². The number of hydrogen-bond donors (Lipinski definition) is 0. The normalized spacial score (nSPS) is 18.0. The Morgan fingerprint density at radius 3 is 1.41 bits per heavy atom. The Bertz CT molecular complexity index is 2930. The smallest absolute Gasteiger partial charge is 0.197 e. The Hall–Kier alpha value is -5.58. The van der Waals surface area contributed by atoms with Crippen molar-refractivity contribution in [3.63, 3.8) is 0 Å². The second-order valence-electron chi connectivity index (χ2n) is 15.2. The van der Waals surface area contributed by atoms with Gasteiger partial charge in [0.2, 0.25) is 0 Å². The number of hydrogen-bond acceptors (Lipinski definition) is 6. The predicted octanol–water partition coefficient (Wildman–Crippen LogP) is 11.3. The molecule has 0 unspecified atom stereocenters. The molecule has 0 saturated carbocycles. The van der Waals surface area contributed by atoms with Crippen LogP contribution in [0.25, 0.3) is 42.6 Å². The molecule has 54 heavy (non-hydrogen) atoms. The number of ketones is 4. The molecule has 6 aromatic rings. The minimum atomic E-state index is -1.03. The topological polar surface area (TPSA) is 68.3 Å². The number of thiophene rings is 2. The lowest BCUT2D eigenvalue weighted by molar-refractivity contribution is 0.0974. The van der Waals surface area contributed by atoms with Gasteiger partial charge in [0.25, 0.3) is 0 Å². The molecule has 0 N–H and O–H groups in total. The maximum Gasteiger partial charge on any atom is 0.197 e. The monoisotopic (exact) mass is 756 g/mol. The Labute approximate surface area is 312 Å². The van der Waals surface area contributed by atoms with Crippen LogP contribution in [0.4, 0.5) is 17.6 Å². The minimum Gasteiger partial charge on any atom is -0.288 e. The minimum absolute atomic E-state index is 0.000919. The number of allylic oxidation sites excluding steroid dienone is 7. The third kappa shape index (κ3) is 4.23. The van der Waals surface area contributed by atoms with Crippen LogP contribution in [0.1, 0.15) is 84.4 Å². The van der Waals surface area contributed by atoms with Gasteiger partial charge in [0.15, 0.2) is 46.4 Å². The van der Waals surface area contributed by atoms with Crippen LogP contribution in [0, 0.1) is 28.7 Å². The van der Waals surface area contributed by atoms with Crippen molar-refractivity contribution in [3.05, 3.63) is 150 Å². The molecule has 2 heterocycles. The van der Waals surface area contributed by atoms with E-state index in [1.54, 1.807) is 23.5 Å². The molecular weight excluding hydrogens is 733 g/mol. The van der Waals surface area contributed by atoms with E-state index in [2.05, 4.69) is 33.8 Å². The highest BCUT2D eigenvalue weighted by Gasteiger charge is 2.50. The molecule has 0 radical (unpaired) electrons. The average Bonchev–Trinajstić information content (AvgIpc) is 3.88. The van der Waals surface area contributed by atoms with Gasteiger partial charge in [0, 0.05) is 47.5 Å². The summed E-state index contributed by atoms with van der Waals surface area (Å²) >= 11 is 3.10. The van der Waals surface area contributed by atoms with Crippen molar-refractivity contribution >= 4 is 88.4 Å². The average molecular weight is 757 g/mol. The predicted molar refractivity (Wildman–Crippen MR) is 203 cm³/mol. The van der Waals surface area contributed by atoms with Crippen LogP contribution in [0.2, 0.25) is 0 Å². The molecule has 0 fully saturated rings. The van der Waals surface area contributed by atoms with Crippen LogP contribution >= 0.6 is 22.7 Å². The van der Waals surface area contributed by atoms with Gasteiger partial charge in [-0.15, -0.1) is 22.7 Å². The molecule has 4 nitrogen and oxygen atoms in total. The van der Waals surface area contributed by atoms with E-state index in [0.717, 1.165) is 65.7 Å². The summed E-state index contributed by atoms with van der Waals surface area (Å²) in [5.41, 5.74) is 3.72. The van der Waals surface area contributed by atoms with Crippen LogP contribution in [-0.4, -0.2) is 23.1 Å². The van der Waals surface area contributed by atoms with Crippen LogP contribution in [0.3, 0.4) is 0 Å². The highest BCUT2D eigenvalue weighted by atomic mass is 32.1. The van der Waals surface area contributed by atoms with E-state index in [1.165, 1.54) is 35.6 Å². The summed E-state index contributed by atoms with van der Waals surface area (Å²) in [6, 6.07) is 11.8. The van der Waals surface area contributed by atoms with Gasteiger partial charge in [0.05, 0.1) is 15.8 Å². The zero-order valence-corrected chi connectivity index (χ0v) is 30.5. The largest absolute Gasteiger partial charge is 0.288 e. The van der Waals surface area contributed by atoms with E-state index in [1.807, 2.05) is 6.07 Å². The number of rotatable bonds is 2. The van der Waals surface area contributed by atoms with Gasteiger partial charge in [-0.25, -0.2) is 17.6 Å². The van der Waals surface area contributed by atoms with Crippen molar-refractivity contribution in [2.45, 2.75) is 33.1 Å². The molecule has 4 aromatic carbocycles. The van der Waals surface area contributed by atoms with Crippen LogP contribution in [0.15, 0.2) is 89.0 Å². The number of benzene rings is 4. The van der Waals surface area contributed by atoms with Crippen molar-refractivity contribution in [2.24, 2.45) is 5.41 Å². The molecule has 10 heteroatoms. The molecule has 0 atom stereocenters. The summed E-state index contributed by atoms with van der Waals surface area (Å²) in [5.74, 6) is -5.97. The van der Waals surface area contributed by atoms with Gasteiger partial charge in [-0.2, -0.15) is 0 Å². The molecule has 0 amide bonds. The first kappa shape index (κ1) is 33.0. The van der Waals surface area contributed by atoms with Crippen molar-refractivity contribution in [1.82, 2.24) is 0 Å². The number of halogens is 4. The summed E-state index contributed by atoms with van der Waals surface area (Å²) in [4.78, 5) is 56.0. The Balaban J connectivity index is 0.993. The van der Waals surface area contributed by atoms with Gasteiger partial charge >= 0.3 is 0 Å². The lowest BCUT2D eigenvalue weighted by Gasteiger charge is -2.25. The number of fused-ring (bicyclic) bond motifs is 8. The van der Waals surface area contributed by atoms with Gasteiger partial charge in [-0.3, -0.25) is 19.2 Å². The molecular formula is C44H24F4O4S2. The summed E-state index contributed by atoms with van der Waals surface area (Å²) in [6.45, 7) is 8.38. The lowest BCUT2D eigenvalue weighted by atomic mass is 9.79. The van der Waals surface area contributed by atoms with Crippen molar-refractivity contribution in [2.75, 3.05) is 0 Å². The van der Waals surface area contributed by atoms with E-state index in [-0.39, 0.29) is 33.4 Å². The van der Waals surface area contributed by atoms with Gasteiger partial charge in [-0.05, 0) is 111 Å². The Morgan fingerprint density at radius 1 is 0.537 bits per heavy atom. The molecule has 0 aliphatic heterocycles. The quantitative estimate of drug-likeness (QED) is 0.100. The highest BCUT2D eigenvalue weighted by molar-refractivity contribution is 7.29. The fourth-order valence-corrected chi connectivity index (χ4v) is 11.7. The van der Waals surface area contributed by atoms with E-state index in [4.69, 9.17) is 0 Å².